The Morgan fingerprint density at radius 1 is 1.28 bits per heavy atom. The Bertz CT molecular complexity index is 840. The van der Waals surface area contributed by atoms with E-state index >= 15 is 0 Å². The molecule has 128 valence electrons. The summed E-state index contributed by atoms with van der Waals surface area (Å²) in [5.74, 6) is 0.165. The van der Waals surface area contributed by atoms with E-state index in [1.807, 2.05) is 47.8 Å². The largest absolute Gasteiger partial charge is 0.457 e. The van der Waals surface area contributed by atoms with Crippen LogP contribution in [0.2, 0.25) is 0 Å². The van der Waals surface area contributed by atoms with E-state index in [1.165, 1.54) is 0 Å². The number of aromatic nitrogens is 3. The molecule has 25 heavy (non-hydrogen) atoms. The van der Waals surface area contributed by atoms with Crippen molar-refractivity contribution in [3.05, 3.63) is 53.7 Å². The highest BCUT2D eigenvalue weighted by atomic mass is 32.1. The molecule has 3 heterocycles. The summed E-state index contributed by atoms with van der Waals surface area (Å²) in [7, 11) is 0. The van der Waals surface area contributed by atoms with Gasteiger partial charge >= 0.3 is 5.97 Å². The number of ether oxygens (including phenoxy) is 2. The smallest absolute Gasteiger partial charge is 0.378 e. The Hall–Kier alpha value is -2.51. The first-order valence-electron chi connectivity index (χ1n) is 8.16. The molecule has 7 heteroatoms. The van der Waals surface area contributed by atoms with Crippen LogP contribution in [0.4, 0.5) is 0 Å². The fourth-order valence-corrected chi connectivity index (χ4v) is 3.42. The third-order valence-electron chi connectivity index (χ3n) is 3.96. The SMILES string of the molecule is O=C(OCC1CCCO1)c1nc(-c2cccs2)n(-c2ccccc2)n1. The lowest BCUT2D eigenvalue weighted by molar-refractivity contribution is 0.0151. The van der Waals surface area contributed by atoms with E-state index in [1.54, 1.807) is 16.0 Å². The molecule has 0 radical (unpaired) electrons. The van der Waals surface area contributed by atoms with Gasteiger partial charge in [-0.15, -0.1) is 16.4 Å². The topological polar surface area (TPSA) is 66.2 Å². The summed E-state index contributed by atoms with van der Waals surface area (Å²) in [6.45, 7) is 0.971. The Balaban J connectivity index is 1.61. The van der Waals surface area contributed by atoms with Gasteiger partial charge in [0.1, 0.15) is 6.61 Å². The molecule has 3 aromatic rings. The lowest BCUT2D eigenvalue weighted by Gasteiger charge is -2.08. The Kier molecular flexibility index (Phi) is 4.58. The minimum atomic E-state index is -0.525. The predicted molar refractivity (Wildman–Crippen MR) is 93.9 cm³/mol. The van der Waals surface area contributed by atoms with Crippen molar-refractivity contribution in [2.24, 2.45) is 0 Å². The highest BCUT2D eigenvalue weighted by molar-refractivity contribution is 7.13. The summed E-state index contributed by atoms with van der Waals surface area (Å²) in [4.78, 5) is 17.7. The number of hydrogen-bond donors (Lipinski definition) is 0. The fraction of sp³-hybridized carbons (Fsp3) is 0.278. The standard InChI is InChI=1S/C18H17N3O3S/c22-18(24-12-14-8-4-10-23-14)16-19-17(15-9-5-11-25-15)21(20-16)13-6-2-1-3-7-13/h1-3,5-7,9,11,14H,4,8,10,12H2. The number of carbonyl (C=O) groups excluding carboxylic acids is 1. The van der Waals surface area contributed by atoms with Gasteiger partial charge in [-0.25, -0.2) is 9.48 Å². The van der Waals surface area contributed by atoms with Gasteiger partial charge in [0.05, 0.1) is 16.7 Å². The number of nitrogens with zero attached hydrogens (tertiary/aromatic N) is 3. The van der Waals surface area contributed by atoms with Crippen LogP contribution in [-0.4, -0.2) is 40.1 Å². The Labute approximate surface area is 149 Å². The molecule has 1 fully saturated rings. The van der Waals surface area contributed by atoms with Crippen LogP contribution in [0.15, 0.2) is 47.8 Å². The van der Waals surface area contributed by atoms with Crippen LogP contribution in [0.25, 0.3) is 16.4 Å². The second kappa shape index (κ2) is 7.16. The van der Waals surface area contributed by atoms with Crippen molar-refractivity contribution in [2.75, 3.05) is 13.2 Å². The summed E-state index contributed by atoms with van der Waals surface area (Å²) in [6, 6.07) is 13.5. The zero-order chi connectivity index (χ0) is 17.1. The lowest BCUT2D eigenvalue weighted by Crippen LogP contribution is -2.18. The van der Waals surface area contributed by atoms with Crippen molar-refractivity contribution in [1.29, 1.82) is 0 Å². The summed E-state index contributed by atoms with van der Waals surface area (Å²) in [6.07, 6.45) is 1.91. The normalized spacial score (nSPS) is 16.9. The van der Waals surface area contributed by atoms with Gasteiger partial charge in [0.2, 0.25) is 0 Å². The zero-order valence-corrected chi connectivity index (χ0v) is 14.3. The van der Waals surface area contributed by atoms with Gasteiger partial charge < -0.3 is 9.47 Å². The maximum absolute atomic E-state index is 12.4. The second-order valence-electron chi connectivity index (χ2n) is 5.72. The number of para-hydroxylation sites is 1. The molecule has 2 aromatic heterocycles. The third kappa shape index (κ3) is 3.47. The predicted octanol–water partition coefficient (Wildman–Crippen LogP) is 3.33. The number of rotatable bonds is 5. The summed E-state index contributed by atoms with van der Waals surface area (Å²) >= 11 is 1.55. The molecule has 1 atom stereocenters. The van der Waals surface area contributed by atoms with Crippen LogP contribution in [0.1, 0.15) is 23.5 Å². The van der Waals surface area contributed by atoms with Gasteiger partial charge in [-0.3, -0.25) is 0 Å². The summed E-state index contributed by atoms with van der Waals surface area (Å²) in [5, 5.41) is 6.35. The van der Waals surface area contributed by atoms with Crippen LogP contribution in [0.3, 0.4) is 0 Å². The van der Waals surface area contributed by atoms with Crippen LogP contribution >= 0.6 is 11.3 Å². The zero-order valence-electron chi connectivity index (χ0n) is 13.5. The first kappa shape index (κ1) is 16.0. The fourth-order valence-electron chi connectivity index (χ4n) is 2.72. The van der Waals surface area contributed by atoms with Crippen molar-refractivity contribution in [3.8, 4) is 16.4 Å². The maximum Gasteiger partial charge on any atom is 0.378 e. The number of carbonyl (C=O) groups is 1. The molecule has 1 aromatic carbocycles. The van der Waals surface area contributed by atoms with Gasteiger partial charge in [-0.2, -0.15) is 4.98 Å². The van der Waals surface area contributed by atoms with Crippen molar-refractivity contribution >= 4 is 17.3 Å². The van der Waals surface area contributed by atoms with E-state index < -0.39 is 5.97 Å². The van der Waals surface area contributed by atoms with Gasteiger partial charge in [-0.1, -0.05) is 24.3 Å². The van der Waals surface area contributed by atoms with E-state index in [0.29, 0.717) is 5.82 Å². The molecule has 0 spiro atoms. The summed E-state index contributed by atoms with van der Waals surface area (Å²) in [5.41, 5.74) is 0.844. The van der Waals surface area contributed by atoms with Crippen LogP contribution in [0.5, 0.6) is 0 Å². The quantitative estimate of drug-likeness (QED) is 0.657. The molecular formula is C18H17N3O3S. The van der Waals surface area contributed by atoms with Crippen molar-refractivity contribution in [3.63, 3.8) is 0 Å². The van der Waals surface area contributed by atoms with E-state index in [4.69, 9.17) is 9.47 Å². The Morgan fingerprint density at radius 2 is 2.16 bits per heavy atom. The number of esters is 1. The lowest BCUT2D eigenvalue weighted by atomic mass is 10.2. The molecular weight excluding hydrogens is 338 g/mol. The van der Waals surface area contributed by atoms with Gasteiger partial charge in [-0.05, 0) is 36.4 Å². The number of hydrogen-bond acceptors (Lipinski definition) is 6. The van der Waals surface area contributed by atoms with Gasteiger partial charge in [0, 0.05) is 6.61 Å². The average Bonchev–Trinajstić information content (AvgIpc) is 3.41. The first-order chi connectivity index (χ1) is 12.3. The molecule has 1 aliphatic rings. The second-order valence-corrected chi connectivity index (χ2v) is 6.66. The van der Waals surface area contributed by atoms with E-state index in [2.05, 4.69) is 10.1 Å². The van der Waals surface area contributed by atoms with Crippen molar-refractivity contribution < 1.29 is 14.3 Å². The van der Waals surface area contributed by atoms with Crippen molar-refractivity contribution in [1.82, 2.24) is 14.8 Å². The molecule has 0 saturated carbocycles. The number of thiophene rings is 1. The molecule has 0 bridgehead atoms. The minimum Gasteiger partial charge on any atom is -0.457 e. The Morgan fingerprint density at radius 3 is 2.88 bits per heavy atom. The van der Waals surface area contributed by atoms with Crippen molar-refractivity contribution in [2.45, 2.75) is 18.9 Å². The molecule has 0 aliphatic carbocycles. The molecule has 6 nitrogen and oxygen atoms in total. The van der Waals surface area contributed by atoms with Crippen LogP contribution < -0.4 is 0 Å². The number of benzene rings is 1. The minimum absolute atomic E-state index is 0.0167. The van der Waals surface area contributed by atoms with E-state index in [9.17, 15) is 4.79 Å². The average molecular weight is 355 g/mol. The highest BCUT2D eigenvalue weighted by Crippen LogP contribution is 2.25. The molecule has 0 amide bonds. The highest BCUT2D eigenvalue weighted by Gasteiger charge is 2.23. The van der Waals surface area contributed by atoms with E-state index in [-0.39, 0.29) is 18.5 Å². The summed E-state index contributed by atoms with van der Waals surface area (Å²) < 4.78 is 12.5. The molecule has 4 rings (SSSR count). The monoisotopic (exact) mass is 355 g/mol. The maximum atomic E-state index is 12.4. The third-order valence-corrected chi connectivity index (χ3v) is 4.82. The van der Waals surface area contributed by atoms with E-state index in [0.717, 1.165) is 30.0 Å². The first-order valence-corrected chi connectivity index (χ1v) is 9.04. The molecule has 1 unspecified atom stereocenters. The van der Waals surface area contributed by atoms with Crippen LogP contribution in [-0.2, 0) is 9.47 Å². The molecule has 1 saturated heterocycles. The molecule has 0 N–H and O–H groups in total. The molecule has 1 aliphatic heterocycles. The van der Waals surface area contributed by atoms with Gasteiger partial charge in [0.25, 0.3) is 5.82 Å². The van der Waals surface area contributed by atoms with Crippen LogP contribution in [0, 0.1) is 0 Å². The van der Waals surface area contributed by atoms with Gasteiger partial charge in [0.15, 0.2) is 5.82 Å².